The molecule has 0 radical (unpaired) electrons. The first-order valence-electron chi connectivity index (χ1n) is 8.90. The van der Waals surface area contributed by atoms with Gasteiger partial charge in [-0.15, -0.1) is 5.10 Å². The zero-order valence-corrected chi connectivity index (χ0v) is 14.4. The molecule has 2 aliphatic rings. The summed E-state index contributed by atoms with van der Waals surface area (Å²) < 4.78 is 8.56. The van der Waals surface area contributed by atoms with Gasteiger partial charge >= 0.3 is 11.9 Å². The lowest BCUT2D eigenvalue weighted by Gasteiger charge is -2.10. The van der Waals surface area contributed by atoms with Crippen LogP contribution >= 0.6 is 0 Å². The quantitative estimate of drug-likeness (QED) is 0.681. The Labute approximate surface area is 153 Å². The highest BCUT2D eigenvalue weighted by atomic mass is 16.5. The number of esters is 1. The van der Waals surface area contributed by atoms with Gasteiger partial charge in [0.25, 0.3) is 0 Å². The fourth-order valence-corrected chi connectivity index (χ4v) is 3.59. The van der Waals surface area contributed by atoms with Crippen LogP contribution in [0.5, 0.6) is 0 Å². The zero-order chi connectivity index (χ0) is 18.5. The predicted molar refractivity (Wildman–Crippen MR) is 91.6 cm³/mol. The van der Waals surface area contributed by atoms with Crippen LogP contribution in [0.1, 0.15) is 58.4 Å². The molecule has 9 nitrogen and oxygen atoms in total. The second kappa shape index (κ2) is 5.90. The normalized spacial score (nSPS) is 19.6. The molecule has 5 rings (SSSR count). The fourth-order valence-electron chi connectivity index (χ4n) is 3.59. The van der Waals surface area contributed by atoms with E-state index in [0.29, 0.717) is 25.5 Å². The van der Waals surface area contributed by atoms with E-state index < -0.39 is 5.97 Å². The first-order chi connectivity index (χ1) is 13.1. The number of fused-ring (bicyclic) bond motifs is 1. The summed E-state index contributed by atoms with van der Waals surface area (Å²) in [6.07, 6.45) is 8.33. The Morgan fingerprint density at radius 1 is 1.26 bits per heavy atom. The average Bonchev–Trinajstić information content (AvgIpc) is 3.03. The Kier molecular flexibility index (Phi) is 3.49. The van der Waals surface area contributed by atoms with Crippen molar-refractivity contribution in [2.45, 2.75) is 37.6 Å². The van der Waals surface area contributed by atoms with Crippen molar-refractivity contribution < 1.29 is 19.4 Å². The Hall–Kier alpha value is -3.23. The molecule has 0 amide bonds. The van der Waals surface area contributed by atoms with Gasteiger partial charge in [-0.2, -0.15) is 0 Å². The third-order valence-corrected chi connectivity index (χ3v) is 5.09. The molecule has 1 unspecified atom stereocenters. The van der Waals surface area contributed by atoms with Gasteiger partial charge in [-0.3, -0.25) is 4.79 Å². The van der Waals surface area contributed by atoms with E-state index in [1.54, 1.807) is 0 Å². The van der Waals surface area contributed by atoms with Gasteiger partial charge in [0.05, 0.1) is 31.0 Å². The maximum atomic E-state index is 12.1. The van der Waals surface area contributed by atoms with Gasteiger partial charge < -0.3 is 14.2 Å². The number of carbonyl (C=O) groups is 2. The lowest BCUT2D eigenvalue weighted by molar-refractivity contribution is -0.139. The fraction of sp³-hybridized carbons (Fsp3) is 0.389. The first kappa shape index (κ1) is 16.0. The van der Waals surface area contributed by atoms with E-state index >= 15 is 0 Å². The number of nitrogens with zero attached hydrogens (tertiary/aromatic N) is 5. The van der Waals surface area contributed by atoms with Crippen LogP contribution in [0, 0.1) is 0 Å². The maximum absolute atomic E-state index is 12.1. The Balaban J connectivity index is 1.54. The van der Waals surface area contributed by atoms with Crippen molar-refractivity contribution in [2.75, 3.05) is 6.61 Å². The van der Waals surface area contributed by atoms with Crippen molar-refractivity contribution in [2.24, 2.45) is 0 Å². The van der Waals surface area contributed by atoms with Crippen molar-refractivity contribution in [1.29, 1.82) is 0 Å². The summed E-state index contributed by atoms with van der Waals surface area (Å²) in [5.41, 5.74) is 3.46. The monoisotopic (exact) mass is 367 g/mol. The number of cyclic esters (lactones) is 1. The van der Waals surface area contributed by atoms with Crippen molar-refractivity contribution >= 4 is 17.6 Å². The number of imidazole rings is 1. The predicted octanol–water partition coefficient (Wildman–Crippen LogP) is 1.58. The lowest BCUT2D eigenvalue weighted by Crippen LogP contribution is -2.08. The molecule has 3 aromatic heterocycles. The number of pyridine rings is 1. The molecule has 3 aromatic rings. The van der Waals surface area contributed by atoms with E-state index in [9.17, 15) is 9.59 Å². The Bertz CT molecular complexity index is 1070. The topological polar surface area (TPSA) is 112 Å². The maximum Gasteiger partial charge on any atom is 0.358 e. The first-order valence-corrected chi connectivity index (χ1v) is 8.90. The van der Waals surface area contributed by atoms with Gasteiger partial charge in [0.1, 0.15) is 5.65 Å². The number of aromatic nitrogens is 5. The number of hydrogen-bond donors (Lipinski definition) is 1. The summed E-state index contributed by atoms with van der Waals surface area (Å²) in [6, 6.07) is 2.10. The smallest absolute Gasteiger partial charge is 0.358 e. The number of carboxylic acids is 1. The minimum absolute atomic E-state index is 0.107. The van der Waals surface area contributed by atoms with E-state index in [2.05, 4.69) is 27.6 Å². The summed E-state index contributed by atoms with van der Waals surface area (Å²) in [6.45, 7) is 0.739. The van der Waals surface area contributed by atoms with Crippen LogP contribution < -0.4 is 0 Å². The molecular weight excluding hydrogens is 350 g/mol. The third kappa shape index (κ3) is 2.84. The van der Waals surface area contributed by atoms with Crippen LogP contribution in [0.15, 0.2) is 24.7 Å². The Morgan fingerprint density at radius 2 is 2.11 bits per heavy atom. The highest BCUT2D eigenvalue weighted by Crippen LogP contribution is 2.42. The number of rotatable bonds is 5. The number of aromatic carboxylic acids is 1. The summed E-state index contributed by atoms with van der Waals surface area (Å²) in [7, 11) is 0. The largest absolute Gasteiger partial charge is 0.476 e. The number of carboxylic acid groups (broad SMARTS) is 1. The van der Waals surface area contributed by atoms with Gasteiger partial charge in [0.15, 0.2) is 5.69 Å². The molecule has 1 N–H and O–H groups in total. The molecule has 138 valence electrons. The Morgan fingerprint density at radius 3 is 2.78 bits per heavy atom. The van der Waals surface area contributed by atoms with Crippen LogP contribution in [0.2, 0.25) is 0 Å². The van der Waals surface area contributed by atoms with Crippen molar-refractivity contribution in [1.82, 2.24) is 24.4 Å². The lowest BCUT2D eigenvalue weighted by atomic mass is 9.96. The minimum Gasteiger partial charge on any atom is -0.476 e. The molecule has 1 saturated carbocycles. The molecule has 1 saturated heterocycles. The summed E-state index contributed by atoms with van der Waals surface area (Å²) >= 11 is 0. The van der Waals surface area contributed by atoms with Gasteiger partial charge in [-0.1, -0.05) is 5.21 Å². The molecule has 2 fully saturated rings. The van der Waals surface area contributed by atoms with Crippen LogP contribution in [-0.4, -0.2) is 48.0 Å². The number of hydrogen-bond acceptors (Lipinski definition) is 6. The molecule has 27 heavy (non-hydrogen) atoms. The summed E-state index contributed by atoms with van der Waals surface area (Å²) in [4.78, 5) is 27.8. The molecule has 1 atom stereocenters. The van der Waals surface area contributed by atoms with E-state index in [1.807, 2.05) is 10.6 Å². The molecular formula is C18H17N5O4. The van der Waals surface area contributed by atoms with Crippen LogP contribution in [0.3, 0.4) is 0 Å². The van der Waals surface area contributed by atoms with Crippen molar-refractivity contribution in [3.63, 3.8) is 0 Å². The molecule has 4 heterocycles. The van der Waals surface area contributed by atoms with Crippen molar-refractivity contribution in [3.8, 4) is 0 Å². The minimum atomic E-state index is -1.12. The molecule has 0 bridgehead atoms. The van der Waals surface area contributed by atoms with Gasteiger partial charge in [-0.05, 0) is 36.8 Å². The molecule has 1 aliphatic heterocycles. The average molecular weight is 367 g/mol. The van der Waals surface area contributed by atoms with E-state index in [1.165, 1.54) is 29.3 Å². The van der Waals surface area contributed by atoms with E-state index in [0.717, 1.165) is 16.9 Å². The van der Waals surface area contributed by atoms with Crippen molar-refractivity contribution in [3.05, 3.63) is 47.2 Å². The molecule has 9 heteroatoms. The van der Waals surface area contributed by atoms with Gasteiger partial charge in [0.2, 0.25) is 0 Å². The molecule has 1 aliphatic carbocycles. The van der Waals surface area contributed by atoms with Gasteiger partial charge in [-0.25, -0.2) is 14.5 Å². The molecule has 0 spiro atoms. The standard InChI is InChI=1S/C18H17N5O4/c24-17(25)15-9-23(21-20-15)8-12-7-22-6-11(10-1-2-10)5-14(16(22)19-12)13-3-4-27-18(13)26/h5-7,9-10,13H,1-4,8H2,(H,24,25). The van der Waals surface area contributed by atoms with E-state index in [-0.39, 0.29) is 17.6 Å². The molecule has 0 aromatic carbocycles. The summed E-state index contributed by atoms with van der Waals surface area (Å²) in [5, 5.41) is 16.4. The SMILES string of the molecule is O=C(O)c1cn(Cc2cn3cc(C4CC4)cc(C4CCOC4=O)c3n2)nn1. The highest BCUT2D eigenvalue weighted by Gasteiger charge is 2.33. The summed E-state index contributed by atoms with van der Waals surface area (Å²) in [5.74, 6) is -1.06. The van der Waals surface area contributed by atoms with E-state index in [4.69, 9.17) is 9.84 Å². The van der Waals surface area contributed by atoms with Crippen LogP contribution in [0.25, 0.3) is 5.65 Å². The van der Waals surface area contributed by atoms with Gasteiger partial charge in [0, 0.05) is 18.0 Å². The number of ether oxygens (including phenoxy) is 1. The number of carbonyl (C=O) groups excluding carboxylic acids is 1. The second-order valence-electron chi connectivity index (χ2n) is 7.08. The highest BCUT2D eigenvalue weighted by molar-refractivity contribution is 5.84. The zero-order valence-electron chi connectivity index (χ0n) is 14.4. The van der Waals surface area contributed by atoms with Crippen LogP contribution in [0.4, 0.5) is 0 Å². The van der Waals surface area contributed by atoms with Crippen LogP contribution in [-0.2, 0) is 16.1 Å². The second-order valence-corrected chi connectivity index (χ2v) is 7.08. The third-order valence-electron chi connectivity index (χ3n) is 5.09.